The highest BCUT2D eigenvalue weighted by atomic mass is 32.2. The van der Waals surface area contributed by atoms with Gasteiger partial charge in [0.25, 0.3) is 15.9 Å². The zero-order valence-electron chi connectivity index (χ0n) is 12.9. The minimum absolute atomic E-state index is 0.0822. The third-order valence-electron chi connectivity index (χ3n) is 3.56. The molecule has 1 N–H and O–H groups in total. The Labute approximate surface area is 144 Å². The van der Waals surface area contributed by atoms with E-state index in [-0.39, 0.29) is 4.90 Å². The van der Waals surface area contributed by atoms with Crippen LogP contribution in [-0.2, 0) is 10.0 Å². The summed E-state index contributed by atoms with van der Waals surface area (Å²) in [5.41, 5.74) is 2.09. The maximum absolute atomic E-state index is 12.7. The first-order valence-corrected chi connectivity index (χ1v) is 9.61. The summed E-state index contributed by atoms with van der Waals surface area (Å²) in [7, 11) is -3.97. The topological polar surface area (TPSA) is 63.2 Å². The van der Waals surface area contributed by atoms with Gasteiger partial charge in [-0.2, -0.15) is 0 Å². The van der Waals surface area contributed by atoms with E-state index in [1.54, 1.807) is 36.6 Å². The molecule has 0 aliphatic heterocycles. The summed E-state index contributed by atoms with van der Waals surface area (Å²) in [5, 5.41) is 1.76. The number of hydrogen-bond acceptors (Lipinski definition) is 4. The minimum atomic E-state index is -3.97. The lowest BCUT2D eigenvalue weighted by molar-refractivity contribution is 0.0985. The molecule has 0 spiro atoms. The van der Waals surface area contributed by atoms with Gasteiger partial charge in [0.05, 0.1) is 9.77 Å². The molecule has 2 aromatic carbocycles. The van der Waals surface area contributed by atoms with Crippen molar-refractivity contribution in [1.82, 2.24) is 4.72 Å². The Morgan fingerprint density at radius 1 is 0.958 bits per heavy atom. The standard InChI is InChI=1S/C18H15NO3S2/c1-13-11-12-23-17(13)18(20)19-24(21,22)16-10-6-5-9-15(16)14-7-3-2-4-8-14/h2-12H,1H3,(H,19,20). The lowest BCUT2D eigenvalue weighted by atomic mass is 10.1. The molecule has 0 aliphatic rings. The van der Waals surface area contributed by atoms with Crippen molar-refractivity contribution in [2.24, 2.45) is 0 Å². The van der Waals surface area contributed by atoms with E-state index in [9.17, 15) is 13.2 Å². The molecule has 0 aliphatic carbocycles. The van der Waals surface area contributed by atoms with E-state index in [1.807, 2.05) is 30.3 Å². The van der Waals surface area contributed by atoms with Crippen molar-refractivity contribution < 1.29 is 13.2 Å². The lowest BCUT2D eigenvalue weighted by Crippen LogP contribution is -2.30. The van der Waals surface area contributed by atoms with E-state index >= 15 is 0 Å². The fourth-order valence-electron chi connectivity index (χ4n) is 2.39. The second kappa shape index (κ2) is 6.59. The molecule has 0 bridgehead atoms. The van der Waals surface area contributed by atoms with Crippen LogP contribution in [0.15, 0.2) is 70.9 Å². The van der Waals surface area contributed by atoms with Gasteiger partial charge in [-0.05, 0) is 35.6 Å². The number of thiophene rings is 1. The number of carbonyl (C=O) groups excluding carboxylic acids is 1. The van der Waals surface area contributed by atoms with Crippen LogP contribution in [0.3, 0.4) is 0 Å². The average Bonchev–Trinajstić information content (AvgIpc) is 3.01. The van der Waals surface area contributed by atoms with Crippen molar-refractivity contribution in [3.63, 3.8) is 0 Å². The fourth-order valence-corrected chi connectivity index (χ4v) is 4.46. The number of amides is 1. The van der Waals surface area contributed by atoms with Gasteiger partial charge in [0.15, 0.2) is 0 Å². The van der Waals surface area contributed by atoms with Crippen molar-refractivity contribution in [3.05, 3.63) is 76.5 Å². The quantitative estimate of drug-likeness (QED) is 0.771. The van der Waals surface area contributed by atoms with Gasteiger partial charge < -0.3 is 0 Å². The zero-order chi connectivity index (χ0) is 17.2. The molecule has 0 radical (unpaired) electrons. The Bertz CT molecular complexity index is 976. The summed E-state index contributed by atoms with van der Waals surface area (Å²) in [5.74, 6) is -0.606. The van der Waals surface area contributed by atoms with Gasteiger partial charge in [-0.1, -0.05) is 48.5 Å². The number of hydrogen-bond donors (Lipinski definition) is 1. The molecule has 1 aromatic heterocycles. The Kier molecular flexibility index (Phi) is 4.51. The largest absolute Gasteiger partial charge is 0.275 e. The second-order valence-electron chi connectivity index (χ2n) is 5.23. The number of aryl methyl sites for hydroxylation is 1. The van der Waals surface area contributed by atoms with Crippen molar-refractivity contribution in [2.45, 2.75) is 11.8 Å². The molecular formula is C18H15NO3S2. The second-order valence-corrected chi connectivity index (χ2v) is 7.80. The molecule has 0 fully saturated rings. The number of carbonyl (C=O) groups is 1. The highest BCUT2D eigenvalue weighted by molar-refractivity contribution is 7.90. The molecule has 6 heteroatoms. The van der Waals surface area contributed by atoms with Crippen LogP contribution < -0.4 is 4.72 Å². The van der Waals surface area contributed by atoms with Crippen molar-refractivity contribution >= 4 is 27.3 Å². The van der Waals surface area contributed by atoms with E-state index in [2.05, 4.69) is 4.72 Å². The summed E-state index contributed by atoms with van der Waals surface area (Å²) < 4.78 is 27.6. The number of nitrogens with one attached hydrogen (secondary N) is 1. The monoisotopic (exact) mass is 357 g/mol. The summed E-state index contributed by atoms with van der Waals surface area (Å²) >= 11 is 1.22. The molecule has 4 nitrogen and oxygen atoms in total. The molecule has 1 amide bonds. The van der Waals surface area contributed by atoms with Gasteiger partial charge in [0.2, 0.25) is 0 Å². The van der Waals surface area contributed by atoms with Crippen LogP contribution in [0, 0.1) is 6.92 Å². The predicted octanol–water partition coefficient (Wildman–Crippen LogP) is 3.84. The Morgan fingerprint density at radius 3 is 2.29 bits per heavy atom. The SMILES string of the molecule is Cc1ccsc1C(=O)NS(=O)(=O)c1ccccc1-c1ccccc1. The Morgan fingerprint density at radius 2 is 1.62 bits per heavy atom. The molecule has 0 atom stereocenters. The molecule has 0 unspecified atom stereocenters. The van der Waals surface area contributed by atoms with Crippen molar-refractivity contribution in [2.75, 3.05) is 0 Å². The maximum atomic E-state index is 12.7. The average molecular weight is 357 g/mol. The van der Waals surface area contributed by atoms with Gasteiger partial charge >= 0.3 is 0 Å². The summed E-state index contributed by atoms with van der Waals surface area (Å²) in [4.78, 5) is 12.8. The first-order chi connectivity index (χ1) is 11.5. The molecule has 3 rings (SSSR count). The Balaban J connectivity index is 2.00. The summed E-state index contributed by atoms with van der Waals surface area (Å²) in [6, 6.07) is 17.6. The van der Waals surface area contributed by atoms with Crippen LogP contribution in [-0.4, -0.2) is 14.3 Å². The number of sulfonamides is 1. The highest BCUT2D eigenvalue weighted by Gasteiger charge is 2.23. The molecule has 1 heterocycles. The summed E-state index contributed by atoms with van der Waals surface area (Å²) in [6.45, 7) is 1.77. The zero-order valence-corrected chi connectivity index (χ0v) is 14.5. The van der Waals surface area contributed by atoms with Crippen molar-refractivity contribution in [3.8, 4) is 11.1 Å². The highest BCUT2D eigenvalue weighted by Crippen LogP contribution is 2.27. The van der Waals surface area contributed by atoms with E-state index in [0.717, 1.165) is 11.1 Å². The van der Waals surface area contributed by atoms with Gasteiger partial charge in [-0.3, -0.25) is 4.79 Å². The third kappa shape index (κ3) is 3.25. The van der Waals surface area contributed by atoms with Crippen LogP contribution in [0.25, 0.3) is 11.1 Å². The van der Waals surface area contributed by atoms with Crippen LogP contribution in [0.2, 0.25) is 0 Å². The van der Waals surface area contributed by atoms with Gasteiger partial charge in [0, 0.05) is 5.56 Å². The molecule has 3 aromatic rings. The molecular weight excluding hydrogens is 342 g/mol. The molecule has 122 valence electrons. The van der Waals surface area contributed by atoms with Gasteiger partial charge in [-0.15, -0.1) is 11.3 Å². The molecule has 0 saturated carbocycles. The third-order valence-corrected chi connectivity index (χ3v) is 5.96. The predicted molar refractivity (Wildman–Crippen MR) is 95.6 cm³/mol. The van der Waals surface area contributed by atoms with E-state index in [1.165, 1.54) is 17.4 Å². The van der Waals surface area contributed by atoms with E-state index < -0.39 is 15.9 Å². The number of benzene rings is 2. The normalized spacial score (nSPS) is 11.2. The van der Waals surface area contributed by atoms with Gasteiger partial charge in [-0.25, -0.2) is 13.1 Å². The van der Waals surface area contributed by atoms with Gasteiger partial charge in [0.1, 0.15) is 0 Å². The first-order valence-electron chi connectivity index (χ1n) is 7.25. The van der Waals surface area contributed by atoms with Crippen LogP contribution in [0.5, 0.6) is 0 Å². The Hall–Kier alpha value is -2.44. The van der Waals surface area contributed by atoms with Crippen molar-refractivity contribution in [1.29, 1.82) is 0 Å². The van der Waals surface area contributed by atoms with Crippen LogP contribution in [0.1, 0.15) is 15.2 Å². The summed E-state index contributed by atoms with van der Waals surface area (Å²) in [6.07, 6.45) is 0. The first kappa shape index (κ1) is 16.4. The molecule has 0 saturated heterocycles. The lowest BCUT2D eigenvalue weighted by Gasteiger charge is -2.11. The smallest absolute Gasteiger partial charge is 0.267 e. The van der Waals surface area contributed by atoms with Crippen LogP contribution in [0.4, 0.5) is 0 Å². The fraction of sp³-hybridized carbons (Fsp3) is 0.0556. The van der Waals surface area contributed by atoms with E-state index in [4.69, 9.17) is 0 Å². The molecule has 24 heavy (non-hydrogen) atoms. The van der Waals surface area contributed by atoms with E-state index in [0.29, 0.717) is 10.4 Å². The van der Waals surface area contributed by atoms with Crippen LogP contribution >= 0.6 is 11.3 Å². The minimum Gasteiger partial charge on any atom is -0.267 e. The number of rotatable bonds is 4. The maximum Gasteiger partial charge on any atom is 0.275 e.